The van der Waals surface area contributed by atoms with Gasteiger partial charge in [0.05, 0.1) is 32.9 Å². The van der Waals surface area contributed by atoms with Crippen LogP contribution in [0.1, 0.15) is 0 Å². The number of nitrogens with zero attached hydrogens (tertiary/aromatic N) is 1. The highest BCUT2D eigenvalue weighted by molar-refractivity contribution is 5.88. The van der Waals surface area contributed by atoms with E-state index in [9.17, 15) is 9.90 Å². The molecule has 0 radical (unpaired) electrons. The van der Waals surface area contributed by atoms with Gasteiger partial charge in [-0.05, 0) is 5.92 Å². The number of hydrogen-bond donors (Lipinski definition) is 1. The second-order valence-electron chi connectivity index (χ2n) is 6.17. The van der Waals surface area contributed by atoms with Crippen molar-refractivity contribution >= 4 is 5.97 Å². The number of hydrogen-bond acceptors (Lipinski definition) is 5. The van der Waals surface area contributed by atoms with Crippen LogP contribution in [0.15, 0.2) is 12.2 Å². The molecule has 2 fully saturated rings. The molecule has 2 aliphatic rings. The minimum absolute atomic E-state index is 0.205. The van der Waals surface area contributed by atoms with E-state index in [1.165, 1.54) is 0 Å². The smallest absolute Gasteiger partial charge is 0.339 e. The van der Waals surface area contributed by atoms with Crippen molar-refractivity contribution in [3.05, 3.63) is 12.2 Å². The fourth-order valence-electron chi connectivity index (χ4n) is 2.65. The zero-order valence-electron chi connectivity index (χ0n) is 12.4. The Labute approximate surface area is 124 Å². The molecule has 0 aromatic rings. The second-order valence-corrected chi connectivity index (χ2v) is 6.17. The van der Waals surface area contributed by atoms with E-state index in [2.05, 4.69) is 12.5 Å². The molecule has 0 spiro atoms. The van der Waals surface area contributed by atoms with Crippen LogP contribution < -0.4 is 0 Å². The zero-order chi connectivity index (χ0) is 15.6. The minimum atomic E-state index is -0.659. The van der Waals surface area contributed by atoms with Gasteiger partial charge in [0.25, 0.3) is 0 Å². The van der Waals surface area contributed by atoms with Crippen LogP contribution in [0.3, 0.4) is 0 Å². The summed E-state index contributed by atoms with van der Waals surface area (Å²) in [4.78, 5) is 12.1. The quantitative estimate of drug-likeness (QED) is 0.315. The van der Waals surface area contributed by atoms with Gasteiger partial charge in [-0.25, -0.2) is 4.79 Å². The summed E-state index contributed by atoms with van der Waals surface area (Å²) < 4.78 is 16.7. The average Bonchev–Trinajstić information content (AvgIpc) is 2.93. The molecular weight excluding hydrogens is 274 g/mol. The lowest BCUT2D eigenvalue weighted by Gasteiger charge is -2.28. The standard InChI is InChI=1S/C15H22NO5/c1-5-6-16(3,4)7-10(2)15(18)21-12-9-20-13-11(17)8-19-14(12)13/h1,11-14,17H,2,6-9H2,3-4H3/q+1/t11-,12+,13+,14+/m0/s1. The summed E-state index contributed by atoms with van der Waals surface area (Å²) in [5, 5.41) is 9.64. The van der Waals surface area contributed by atoms with Gasteiger partial charge < -0.3 is 23.8 Å². The van der Waals surface area contributed by atoms with Crippen molar-refractivity contribution < 1.29 is 28.6 Å². The molecule has 0 aliphatic carbocycles. The molecule has 2 heterocycles. The Bertz CT molecular complexity index is 467. The van der Waals surface area contributed by atoms with Crippen molar-refractivity contribution in [3.63, 3.8) is 0 Å². The van der Waals surface area contributed by atoms with Crippen LogP contribution in [0.25, 0.3) is 0 Å². The maximum Gasteiger partial charge on any atom is 0.339 e. The Kier molecular flexibility index (Phi) is 4.69. The van der Waals surface area contributed by atoms with Crippen LogP contribution in [0.5, 0.6) is 0 Å². The molecule has 0 aromatic heterocycles. The van der Waals surface area contributed by atoms with Crippen LogP contribution in [-0.2, 0) is 19.0 Å². The van der Waals surface area contributed by atoms with Gasteiger partial charge in [0.2, 0.25) is 0 Å². The third-order valence-electron chi connectivity index (χ3n) is 3.67. The van der Waals surface area contributed by atoms with E-state index in [0.29, 0.717) is 23.1 Å². The molecule has 2 aliphatic heterocycles. The maximum absolute atomic E-state index is 12.1. The largest absolute Gasteiger partial charge is 0.454 e. The van der Waals surface area contributed by atoms with E-state index in [0.717, 1.165) is 0 Å². The first-order chi connectivity index (χ1) is 9.84. The normalized spacial score (nSPS) is 31.5. The van der Waals surface area contributed by atoms with Crippen molar-refractivity contribution in [2.45, 2.75) is 24.4 Å². The first kappa shape index (κ1) is 16.0. The Hall–Kier alpha value is -1.39. The maximum atomic E-state index is 12.1. The fraction of sp³-hybridized carbons (Fsp3) is 0.667. The van der Waals surface area contributed by atoms with Gasteiger partial charge in [0.1, 0.15) is 31.4 Å². The predicted octanol–water partition coefficient (Wildman–Crippen LogP) is -0.677. The zero-order valence-corrected chi connectivity index (χ0v) is 12.4. The SMILES string of the molecule is C#CC[N+](C)(C)CC(=C)C(=O)O[C@@H]1CO[C@H]2[C@@H]1OC[C@@H]2O. The lowest BCUT2D eigenvalue weighted by Crippen LogP contribution is -2.43. The molecule has 0 amide bonds. The van der Waals surface area contributed by atoms with Crippen molar-refractivity contribution in [2.24, 2.45) is 0 Å². The number of quaternary nitrogens is 1. The van der Waals surface area contributed by atoms with Crippen LogP contribution in [0.2, 0.25) is 0 Å². The van der Waals surface area contributed by atoms with E-state index < -0.39 is 30.4 Å². The molecule has 0 unspecified atom stereocenters. The highest BCUT2D eigenvalue weighted by Crippen LogP contribution is 2.29. The van der Waals surface area contributed by atoms with E-state index in [4.69, 9.17) is 20.6 Å². The van der Waals surface area contributed by atoms with Gasteiger partial charge >= 0.3 is 5.97 Å². The topological polar surface area (TPSA) is 65.0 Å². The number of carbonyl (C=O) groups excluding carboxylic acids is 1. The van der Waals surface area contributed by atoms with E-state index >= 15 is 0 Å². The number of aliphatic hydroxyl groups excluding tert-OH is 1. The van der Waals surface area contributed by atoms with Crippen LogP contribution in [-0.4, -0.2) is 80.4 Å². The molecule has 0 bridgehead atoms. The summed E-state index contributed by atoms with van der Waals surface area (Å²) in [6.07, 6.45) is 3.33. The minimum Gasteiger partial charge on any atom is -0.454 e. The number of terminal acetylenes is 1. The molecular formula is C15H22NO5+. The Morgan fingerprint density at radius 3 is 2.76 bits per heavy atom. The van der Waals surface area contributed by atoms with Crippen molar-refractivity contribution in [3.8, 4) is 12.3 Å². The lowest BCUT2D eigenvalue weighted by molar-refractivity contribution is -0.878. The molecule has 2 saturated heterocycles. The van der Waals surface area contributed by atoms with Crippen LogP contribution >= 0.6 is 0 Å². The lowest BCUT2D eigenvalue weighted by atomic mass is 10.1. The van der Waals surface area contributed by atoms with E-state index in [-0.39, 0.29) is 13.2 Å². The summed E-state index contributed by atoms with van der Waals surface area (Å²) >= 11 is 0. The van der Waals surface area contributed by atoms with E-state index in [1.54, 1.807) is 0 Å². The molecule has 116 valence electrons. The predicted molar refractivity (Wildman–Crippen MR) is 75.2 cm³/mol. The fourth-order valence-corrected chi connectivity index (χ4v) is 2.65. The van der Waals surface area contributed by atoms with Crippen LogP contribution in [0, 0.1) is 12.3 Å². The molecule has 6 heteroatoms. The number of esters is 1. The molecule has 4 atom stereocenters. The average molecular weight is 296 g/mol. The van der Waals surface area contributed by atoms with Gasteiger partial charge in [-0.3, -0.25) is 0 Å². The van der Waals surface area contributed by atoms with Crippen molar-refractivity contribution in [1.82, 2.24) is 0 Å². The third kappa shape index (κ3) is 3.63. The number of fused-ring (bicyclic) bond motifs is 1. The summed E-state index contributed by atoms with van der Waals surface area (Å²) in [5.41, 5.74) is 0.359. The van der Waals surface area contributed by atoms with Crippen molar-refractivity contribution in [1.29, 1.82) is 0 Å². The molecule has 0 aromatic carbocycles. The van der Waals surface area contributed by atoms with Crippen LogP contribution in [0.4, 0.5) is 0 Å². The number of ether oxygens (including phenoxy) is 3. The van der Waals surface area contributed by atoms with Gasteiger partial charge in [0, 0.05) is 0 Å². The summed E-state index contributed by atoms with van der Waals surface area (Å²) in [6, 6.07) is 0. The number of aliphatic hydroxyl groups is 1. The van der Waals surface area contributed by atoms with E-state index in [1.807, 2.05) is 14.1 Å². The van der Waals surface area contributed by atoms with Crippen molar-refractivity contribution in [2.75, 3.05) is 40.4 Å². The third-order valence-corrected chi connectivity index (χ3v) is 3.67. The van der Waals surface area contributed by atoms with Gasteiger partial charge in [-0.1, -0.05) is 6.58 Å². The molecule has 0 saturated carbocycles. The summed E-state index contributed by atoms with van der Waals surface area (Å²) in [5.74, 6) is 2.10. The molecule has 2 rings (SSSR count). The number of rotatable bonds is 5. The summed E-state index contributed by atoms with van der Waals surface area (Å²) in [7, 11) is 3.84. The summed E-state index contributed by atoms with van der Waals surface area (Å²) in [6.45, 7) is 5.12. The molecule has 1 N–H and O–H groups in total. The Balaban J connectivity index is 1.87. The van der Waals surface area contributed by atoms with Gasteiger partial charge in [-0.2, -0.15) is 0 Å². The first-order valence-corrected chi connectivity index (χ1v) is 6.89. The van der Waals surface area contributed by atoms with Gasteiger partial charge in [0.15, 0.2) is 6.10 Å². The Morgan fingerprint density at radius 1 is 1.43 bits per heavy atom. The van der Waals surface area contributed by atoms with Gasteiger partial charge in [-0.15, -0.1) is 6.42 Å². The first-order valence-electron chi connectivity index (χ1n) is 6.89. The number of carbonyl (C=O) groups is 1. The number of likely N-dealkylation sites (N-methyl/N-ethyl adjacent to an activating group) is 1. The monoisotopic (exact) mass is 296 g/mol. The Morgan fingerprint density at radius 2 is 2.10 bits per heavy atom. The molecule has 6 nitrogen and oxygen atoms in total. The molecule has 21 heavy (non-hydrogen) atoms. The highest BCUT2D eigenvalue weighted by Gasteiger charge is 2.49. The second kappa shape index (κ2) is 6.16. The highest BCUT2D eigenvalue weighted by atomic mass is 16.6.